The van der Waals surface area contributed by atoms with Crippen molar-refractivity contribution in [3.8, 4) is 28.6 Å². The average Bonchev–Trinajstić information content (AvgIpc) is 3.29. The van der Waals surface area contributed by atoms with Crippen molar-refractivity contribution in [2.75, 3.05) is 34.4 Å². The number of nitrogens with zero attached hydrogens (tertiary/aromatic N) is 5. The third-order valence-corrected chi connectivity index (χ3v) is 5.75. The van der Waals surface area contributed by atoms with E-state index in [2.05, 4.69) is 11.1 Å². The second-order valence-corrected chi connectivity index (χ2v) is 7.69. The van der Waals surface area contributed by atoms with Crippen molar-refractivity contribution < 1.29 is 19.5 Å². The van der Waals surface area contributed by atoms with E-state index in [9.17, 15) is 10.0 Å². The van der Waals surface area contributed by atoms with Crippen molar-refractivity contribution in [2.45, 2.75) is 18.8 Å². The quantitative estimate of drug-likeness (QED) is 0.485. The lowest BCUT2D eigenvalue weighted by Gasteiger charge is -2.32. The Bertz CT molecular complexity index is 1070. The highest BCUT2D eigenvalue weighted by Crippen LogP contribution is 2.35. The van der Waals surface area contributed by atoms with E-state index in [-0.39, 0.29) is 11.9 Å². The number of carbonyl (C=O) groups is 1. The minimum Gasteiger partial charge on any atom is -0.497 e. The average molecular weight is 438 g/mol. The van der Waals surface area contributed by atoms with Gasteiger partial charge in [-0.05, 0) is 55.3 Å². The van der Waals surface area contributed by atoms with Crippen molar-refractivity contribution in [1.82, 2.24) is 24.7 Å². The first-order valence-corrected chi connectivity index (χ1v) is 10.5. The van der Waals surface area contributed by atoms with E-state index in [0.717, 1.165) is 41.2 Å². The number of carbonyl (C=O) groups excluding carboxylic acids is 1. The molecule has 2 aromatic heterocycles. The van der Waals surface area contributed by atoms with Crippen LogP contribution in [0, 0.1) is 0 Å². The first kappa shape index (κ1) is 21.6. The summed E-state index contributed by atoms with van der Waals surface area (Å²) in [6.07, 6.45) is 3.23. The van der Waals surface area contributed by atoms with Crippen molar-refractivity contribution in [2.24, 2.45) is 0 Å². The molecule has 3 heterocycles. The Morgan fingerprint density at radius 2 is 1.84 bits per heavy atom. The number of urea groups is 1. The molecule has 2 amide bonds. The maximum Gasteiger partial charge on any atom is 0.343 e. The molecule has 0 aliphatic carbocycles. The van der Waals surface area contributed by atoms with Gasteiger partial charge in [0.15, 0.2) is 0 Å². The summed E-state index contributed by atoms with van der Waals surface area (Å²) in [7, 11) is 4.59. The normalized spacial score (nSPS) is 14.3. The Balaban J connectivity index is 1.69. The van der Waals surface area contributed by atoms with Gasteiger partial charge < -0.3 is 14.4 Å². The van der Waals surface area contributed by atoms with Gasteiger partial charge in [-0.1, -0.05) is 0 Å². The van der Waals surface area contributed by atoms with Crippen molar-refractivity contribution >= 4 is 6.03 Å². The van der Waals surface area contributed by atoms with E-state index in [1.54, 1.807) is 25.3 Å². The Kier molecular flexibility index (Phi) is 6.27. The Morgan fingerprint density at radius 1 is 1.12 bits per heavy atom. The van der Waals surface area contributed by atoms with Crippen LogP contribution in [0.15, 0.2) is 48.7 Å². The third-order valence-electron chi connectivity index (χ3n) is 5.75. The molecule has 9 nitrogen and oxygen atoms in total. The van der Waals surface area contributed by atoms with Crippen LogP contribution in [-0.4, -0.2) is 70.3 Å². The number of hydrogen-bond donors (Lipinski definition) is 1. The van der Waals surface area contributed by atoms with Crippen LogP contribution in [0.5, 0.6) is 11.6 Å². The van der Waals surface area contributed by atoms with Gasteiger partial charge in [0.1, 0.15) is 5.75 Å². The van der Waals surface area contributed by atoms with E-state index < -0.39 is 0 Å². The zero-order chi connectivity index (χ0) is 22.7. The van der Waals surface area contributed by atoms with Gasteiger partial charge >= 0.3 is 6.03 Å². The summed E-state index contributed by atoms with van der Waals surface area (Å²) in [6, 6.07) is 13.2. The van der Waals surface area contributed by atoms with Crippen LogP contribution in [0.4, 0.5) is 4.79 Å². The molecule has 1 aromatic carbocycles. The van der Waals surface area contributed by atoms with E-state index in [4.69, 9.17) is 14.6 Å². The predicted octanol–water partition coefficient (Wildman–Crippen LogP) is 3.57. The Hall–Kier alpha value is -3.59. The predicted molar refractivity (Wildman–Crippen MR) is 118 cm³/mol. The molecule has 1 N–H and O–H groups in total. The van der Waals surface area contributed by atoms with Gasteiger partial charge in [0.2, 0.25) is 5.88 Å². The molecule has 1 aliphatic rings. The molecule has 9 heteroatoms. The highest BCUT2D eigenvalue weighted by Gasteiger charge is 2.28. The highest BCUT2D eigenvalue weighted by atomic mass is 16.5. The summed E-state index contributed by atoms with van der Waals surface area (Å²) in [4.78, 5) is 18.0. The number of pyridine rings is 1. The first-order chi connectivity index (χ1) is 15.5. The maximum atomic E-state index is 12.0. The van der Waals surface area contributed by atoms with Gasteiger partial charge in [-0.2, -0.15) is 5.10 Å². The van der Waals surface area contributed by atoms with Crippen LogP contribution in [-0.2, 0) is 0 Å². The number of piperidine rings is 1. The highest BCUT2D eigenvalue weighted by molar-refractivity contribution is 5.73. The number of amides is 2. The number of rotatable bonds is 5. The minimum absolute atomic E-state index is 0.198. The fraction of sp³-hybridized carbons (Fsp3) is 0.348. The van der Waals surface area contributed by atoms with E-state index in [1.807, 2.05) is 41.1 Å². The molecule has 0 unspecified atom stereocenters. The van der Waals surface area contributed by atoms with Gasteiger partial charge in [0, 0.05) is 32.3 Å². The van der Waals surface area contributed by atoms with Crippen LogP contribution in [0.2, 0.25) is 0 Å². The Labute approximate surface area is 186 Å². The first-order valence-electron chi connectivity index (χ1n) is 10.5. The van der Waals surface area contributed by atoms with E-state index in [0.29, 0.717) is 24.0 Å². The number of hydroxylamine groups is 2. The van der Waals surface area contributed by atoms with Crippen LogP contribution in [0.25, 0.3) is 16.9 Å². The molecular weight excluding hydrogens is 410 g/mol. The summed E-state index contributed by atoms with van der Waals surface area (Å²) in [5, 5.41) is 15.0. The SMILES string of the molecule is COc1ccc(-n2nc(C3CCN(C(=O)N(C)O)CC3)cc2-c2cccnc2OC)cc1. The number of aromatic nitrogens is 3. The number of likely N-dealkylation sites (tertiary alicyclic amines) is 1. The molecule has 0 bridgehead atoms. The summed E-state index contributed by atoms with van der Waals surface area (Å²) in [5.74, 6) is 1.50. The molecule has 3 aromatic rings. The second kappa shape index (κ2) is 9.27. The van der Waals surface area contributed by atoms with Gasteiger partial charge in [-0.3, -0.25) is 5.21 Å². The molecule has 4 rings (SSSR count). The van der Waals surface area contributed by atoms with E-state index >= 15 is 0 Å². The molecular formula is C23H27N5O4. The lowest BCUT2D eigenvalue weighted by Crippen LogP contribution is -2.43. The van der Waals surface area contributed by atoms with Crippen molar-refractivity contribution in [3.63, 3.8) is 0 Å². The Morgan fingerprint density at radius 3 is 2.47 bits per heavy atom. The maximum absolute atomic E-state index is 12.0. The largest absolute Gasteiger partial charge is 0.497 e. The van der Waals surface area contributed by atoms with Crippen LogP contribution < -0.4 is 9.47 Å². The summed E-state index contributed by atoms with van der Waals surface area (Å²) in [5.41, 5.74) is 3.57. The standard InChI is InChI=1S/C23H27N5O4/c1-26(30)23(29)27-13-10-16(11-14-27)20-15-21(19-5-4-12-24-22(19)32-3)28(25-20)17-6-8-18(31-2)9-7-17/h4-9,12,15-16,30H,10-11,13-14H2,1-3H3. The fourth-order valence-corrected chi connectivity index (χ4v) is 4.03. The van der Waals surface area contributed by atoms with Crippen molar-refractivity contribution in [1.29, 1.82) is 0 Å². The summed E-state index contributed by atoms with van der Waals surface area (Å²) < 4.78 is 12.7. The molecule has 0 radical (unpaired) electrons. The molecule has 0 atom stereocenters. The lowest BCUT2D eigenvalue weighted by molar-refractivity contribution is -0.0356. The molecule has 32 heavy (non-hydrogen) atoms. The zero-order valence-electron chi connectivity index (χ0n) is 18.4. The smallest absolute Gasteiger partial charge is 0.343 e. The molecule has 0 saturated carbocycles. The van der Waals surface area contributed by atoms with Gasteiger partial charge in [0.25, 0.3) is 0 Å². The molecule has 1 saturated heterocycles. The van der Waals surface area contributed by atoms with E-state index in [1.165, 1.54) is 7.05 Å². The topological polar surface area (TPSA) is 93.0 Å². The number of methoxy groups -OCH3 is 2. The molecule has 0 spiro atoms. The van der Waals surface area contributed by atoms with Gasteiger partial charge in [0.05, 0.1) is 36.9 Å². The second-order valence-electron chi connectivity index (χ2n) is 7.69. The molecule has 168 valence electrons. The van der Waals surface area contributed by atoms with Crippen LogP contribution in [0.3, 0.4) is 0 Å². The number of benzene rings is 1. The zero-order valence-corrected chi connectivity index (χ0v) is 18.4. The fourth-order valence-electron chi connectivity index (χ4n) is 4.03. The lowest BCUT2D eigenvalue weighted by atomic mass is 9.93. The van der Waals surface area contributed by atoms with Gasteiger partial charge in [-0.15, -0.1) is 0 Å². The number of hydrogen-bond acceptors (Lipinski definition) is 6. The minimum atomic E-state index is -0.381. The van der Waals surface area contributed by atoms with Crippen LogP contribution in [0.1, 0.15) is 24.5 Å². The van der Waals surface area contributed by atoms with Crippen LogP contribution >= 0.6 is 0 Å². The van der Waals surface area contributed by atoms with Gasteiger partial charge in [-0.25, -0.2) is 19.5 Å². The number of ether oxygens (including phenoxy) is 2. The molecule has 1 aliphatic heterocycles. The molecule has 1 fully saturated rings. The summed E-state index contributed by atoms with van der Waals surface area (Å²) >= 11 is 0. The van der Waals surface area contributed by atoms with Crippen molar-refractivity contribution in [3.05, 3.63) is 54.4 Å². The third kappa shape index (κ3) is 4.24. The summed E-state index contributed by atoms with van der Waals surface area (Å²) in [6.45, 7) is 1.13. The monoisotopic (exact) mass is 437 g/mol.